The average molecular weight is 422 g/mol. The molecule has 3 aromatic rings. The first-order valence-corrected chi connectivity index (χ1v) is 11.1. The Morgan fingerprint density at radius 1 is 1.00 bits per heavy atom. The van der Waals surface area contributed by atoms with Crippen LogP contribution in [0.2, 0.25) is 0 Å². The summed E-state index contributed by atoms with van der Waals surface area (Å²) in [6, 6.07) is 21.5. The van der Waals surface area contributed by atoms with E-state index in [0.29, 0.717) is 12.4 Å². The predicted molar refractivity (Wildman–Crippen MR) is 120 cm³/mol. The summed E-state index contributed by atoms with van der Waals surface area (Å²) < 4.78 is 17.1. The monoisotopic (exact) mass is 421 g/mol. The smallest absolute Gasteiger partial charge is 0.154 e. The largest absolute Gasteiger partial charge is 0.492 e. The predicted octanol–water partition coefficient (Wildman–Crippen LogP) is 4.42. The molecule has 4 rings (SSSR count). The van der Waals surface area contributed by atoms with E-state index in [4.69, 9.17) is 13.9 Å². The summed E-state index contributed by atoms with van der Waals surface area (Å²) >= 11 is 0. The summed E-state index contributed by atoms with van der Waals surface area (Å²) in [7, 11) is 0. The molecule has 31 heavy (non-hydrogen) atoms. The number of nitrogens with zero attached hydrogens (tertiary/aromatic N) is 1. The molecule has 0 amide bonds. The highest BCUT2D eigenvalue weighted by molar-refractivity contribution is 5.40. The maximum atomic E-state index is 12.0. The summed E-state index contributed by atoms with van der Waals surface area (Å²) in [6.45, 7) is 7.10. The van der Waals surface area contributed by atoms with Crippen molar-refractivity contribution in [3.8, 4) is 5.75 Å². The Bertz CT molecular complexity index is 904. The van der Waals surface area contributed by atoms with Gasteiger partial charge in [0, 0.05) is 25.6 Å². The van der Waals surface area contributed by atoms with Crippen LogP contribution in [0.25, 0.3) is 0 Å². The molecule has 2 heterocycles. The highest BCUT2D eigenvalue weighted by Gasteiger charge is 2.42. The fourth-order valence-electron chi connectivity index (χ4n) is 4.39. The Morgan fingerprint density at radius 3 is 2.39 bits per heavy atom. The lowest BCUT2D eigenvalue weighted by Crippen LogP contribution is -2.38. The third kappa shape index (κ3) is 4.85. The van der Waals surface area contributed by atoms with Crippen molar-refractivity contribution < 1.29 is 19.0 Å². The third-order valence-corrected chi connectivity index (χ3v) is 6.09. The second-order valence-electron chi connectivity index (χ2n) is 7.94. The lowest BCUT2D eigenvalue weighted by atomic mass is 9.74. The van der Waals surface area contributed by atoms with E-state index >= 15 is 0 Å². The van der Waals surface area contributed by atoms with E-state index in [1.54, 1.807) is 6.26 Å². The molecule has 5 heteroatoms. The van der Waals surface area contributed by atoms with Crippen LogP contribution in [0.5, 0.6) is 5.75 Å². The van der Waals surface area contributed by atoms with Gasteiger partial charge in [0.2, 0.25) is 0 Å². The molecule has 1 aromatic heterocycles. The molecule has 0 saturated carbocycles. The van der Waals surface area contributed by atoms with Crippen molar-refractivity contribution in [1.29, 1.82) is 0 Å². The van der Waals surface area contributed by atoms with E-state index < -0.39 is 5.60 Å². The van der Waals surface area contributed by atoms with Gasteiger partial charge in [-0.25, -0.2) is 0 Å². The van der Waals surface area contributed by atoms with Crippen LogP contribution in [0.15, 0.2) is 77.4 Å². The summed E-state index contributed by atoms with van der Waals surface area (Å²) in [4.78, 5) is 2.35. The number of ether oxygens (including phenoxy) is 2. The average Bonchev–Trinajstić information content (AvgIpc) is 3.37. The van der Waals surface area contributed by atoms with Crippen LogP contribution in [0, 0.1) is 0 Å². The molecule has 1 aliphatic rings. The Hall–Kier alpha value is -2.60. The molecule has 0 bridgehead atoms. The molecule has 5 nitrogen and oxygen atoms in total. The molecule has 2 aromatic carbocycles. The standard InChI is InChI=1S/C26H31NO4/c1-2-24(21-7-4-3-5-8-21)26(28,25-9-6-17-31-25)22-10-12-23(13-11-22)30-20-16-27-14-18-29-19-15-27/h3-13,17,24,28H,2,14-16,18-20H2,1H3/t24-,26-/m1/s1. The maximum absolute atomic E-state index is 12.0. The van der Waals surface area contributed by atoms with Crippen LogP contribution in [-0.2, 0) is 10.3 Å². The number of hydrogen-bond donors (Lipinski definition) is 1. The van der Waals surface area contributed by atoms with Crippen LogP contribution in [0.4, 0.5) is 0 Å². The first-order chi connectivity index (χ1) is 15.2. The quantitative estimate of drug-likeness (QED) is 0.554. The Balaban J connectivity index is 1.53. The zero-order chi connectivity index (χ0) is 21.5. The van der Waals surface area contributed by atoms with Crippen molar-refractivity contribution in [2.45, 2.75) is 24.9 Å². The van der Waals surface area contributed by atoms with Crippen LogP contribution in [-0.4, -0.2) is 49.5 Å². The molecule has 0 spiro atoms. The van der Waals surface area contributed by atoms with Gasteiger partial charge in [0.1, 0.15) is 18.1 Å². The van der Waals surface area contributed by atoms with Crippen molar-refractivity contribution in [3.63, 3.8) is 0 Å². The minimum absolute atomic E-state index is 0.145. The minimum Gasteiger partial charge on any atom is -0.492 e. The second kappa shape index (κ2) is 10.1. The van der Waals surface area contributed by atoms with E-state index in [1.807, 2.05) is 54.6 Å². The van der Waals surface area contributed by atoms with Gasteiger partial charge in [0.15, 0.2) is 5.60 Å². The van der Waals surface area contributed by atoms with E-state index in [9.17, 15) is 5.11 Å². The maximum Gasteiger partial charge on any atom is 0.154 e. The Kier molecular flexibility index (Phi) is 7.07. The van der Waals surface area contributed by atoms with Gasteiger partial charge in [0.05, 0.1) is 19.5 Å². The number of aliphatic hydroxyl groups is 1. The van der Waals surface area contributed by atoms with Crippen LogP contribution >= 0.6 is 0 Å². The molecule has 0 unspecified atom stereocenters. The van der Waals surface area contributed by atoms with Crippen molar-refractivity contribution in [1.82, 2.24) is 4.90 Å². The van der Waals surface area contributed by atoms with E-state index in [-0.39, 0.29) is 5.92 Å². The number of hydrogen-bond acceptors (Lipinski definition) is 5. The molecule has 1 N–H and O–H groups in total. The summed E-state index contributed by atoms with van der Waals surface area (Å²) in [6.07, 6.45) is 2.38. The topological polar surface area (TPSA) is 55.1 Å². The van der Waals surface area contributed by atoms with Gasteiger partial charge in [-0.05, 0) is 41.8 Å². The highest BCUT2D eigenvalue weighted by Crippen LogP contribution is 2.44. The van der Waals surface area contributed by atoms with Crippen LogP contribution in [0.3, 0.4) is 0 Å². The molecule has 1 aliphatic heterocycles. The van der Waals surface area contributed by atoms with Gasteiger partial charge in [-0.2, -0.15) is 0 Å². The molecule has 1 fully saturated rings. The normalized spacial score (nSPS) is 17.7. The van der Waals surface area contributed by atoms with Crippen molar-refractivity contribution in [2.24, 2.45) is 0 Å². The summed E-state index contributed by atoms with van der Waals surface area (Å²) in [5.41, 5.74) is 0.597. The van der Waals surface area contributed by atoms with Gasteiger partial charge in [-0.1, -0.05) is 49.4 Å². The van der Waals surface area contributed by atoms with Crippen LogP contribution in [0.1, 0.15) is 36.1 Å². The number of morpholine rings is 1. The molecule has 1 saturated heterocycles. The zero-order valence-electron chi connectivity index (χ0n) is 18.1. The lowest BCUT2D eigenvalue weighted by molar-refractivity contribution is 0.0258. The van der Waals surface area contributed by atoms with Crippen molar-refractivity contribution in [3.05, 3.63) is 89.9 Å². The van der Waals surface area contributed by atoms with E-state index in [1.165, 1.54) is 0 Å². The SMILES string of the molecule is CC[C@H](c1ccccc1)[C@](O)(c1ccc(OCCN2CCOCC2)cc1)c1ccco1. The van der Waals surface area contributed by atoms with Crippen LogP contribution < -0.4 is 4.74 Å². The molecule has 2 atom stereocenters. The van der Waals surface area contributed by atoms with E-state index in [2.05, 4.69) is 24.0 Å². The number of furan rings is 1. The fourth-order valence-corrected chi connectivity index (χ4v) is 4.39. The van der Waals surface area contributed by atoms with E-state index in [0.717, 1.165) is 56.1 Å². The Morgan fingerprint density at radius 2 is 1.74 bits per heavy atom. The molecule has 0 aliphatic carbocycles. The Labute approximate surface area is 184 Å². The van der Waals surface area contributed by atoms with Gasteiger partial charge in [-0.15, -0.1) is 0 Å². The van der Waals surface area contributed by atoms with Gasteiger partial charge < -0.3 is 19.0 Å². The molecular weight excluding hydrogens is 390 g/mol. The minimum atomic E-state index is -1.27. The van der Waals surface area contributed by atoms with Crippen molar-refractivity contribution >= 4 is 0 Å². The van der Waals surface area contributed by atoms with Gasteiger partial charge in [0.25, 0.3) is 0 Å². The highest BCUT2D eigenvalue weighted by atomic mass is 16.5. The molecule has 0 radical (unpaired) electrons. The van der Waals surface area contributed by atoms with Gasteiger partial charge in [-0.3, -0.25) is 4.90 Å². The number of rotatable bonds is 9. The summed E-state index contributed by atoms with van der Waals surface area (Å²) in [5, 5.41) is 12.0. The first kappa shape index (κ1) is 21.6. The lowest BCUT2D eigenvalue weighted by Gasteiger charge is -2.35. The summed E-state index contributed by atoms with van der Waals surface area (Å²) in [5.74, 6) is 1.20. The molecular formula is C26H31NO4. The zero-order valence-corrected chi connectivity index (χ0v) is 18.1. The first-order valence-electron chi connectivity index (χ1n) is 11.1. The fraction of sp³-hybridized carbons (Fsp3) is 0.385. The third-order valence-electron chi connectivity index (χ3n) is 6.09. The van der Waals surface area contributed by atoms with Crippen molar-refractivity contribution in [2.75, 3.05) is 39.5 Å². The van der Waals surface area contributed by atoms with Gasteiger partial charge >= 0.3 is 0 Å². The molecule has 164 valence electrons. The number of benzene rings is 2. The second-order valence-corrected chi connectivity index (χ2v) is 7.94.